The molecule has 0 radical (unpaired) electrons. The van der Waals surface area contributed by atoms with Crippen LogP contribution in [0.15, 0.2) is 53.9 Å². The Morgan fingerprint density at radius 3 is 2.44 bits per heavy atom. The van der Waals surface area contributed by atoms with Crippen LogP contribution >= 0.6 is 34.5 Å². The van der Waals surface area contributed by atoms with Crippen molar-refractivity contribution in [3.05, 3.63) is 75.1 Å². The van der Waals surface area contributed by atoms with Crippen LogP contribution in [-0.2, 0) is 4.74 Å². The second-order valence-corrected chi connectivity index (χ2v) is 7.24. The maximum atomic E-state index is 12.6. The average molecular weight is 420 g/mol. The van der Waals surface area contributed by atoms with Crippen LogP contribution < -0.4 is 5.32 Å². The van der Waals surface area contributed by atoms with Gasteiger partial charge in [-0.1, -0.05) is 47.5 Å². The number of anilines is 1. The molecule has 1 aromatic heterocycles. The molecule has 0 aliphatic rings. The van der Waals surface area contributed by atoms with E-state index in [1.165, 1.54) is 11.3 Å². The van der Waals surface area contributed by atoms with Crippen LogP contribution in [0.4, 0.5) is 5.00 Å². The van der Waals surface area contributed by atoms with Crippen LogP contribution in [0.1, 0.15) is 27.6 Å². The summed E-state index contributed by atoms with van der Waals surface area (Å²) in [6.45, 7) is 1.96. The van der Waals surface area contributed by atoms with Crippen molar-refractivity contribution in [1.82, 2.24) is 0 Å². The third-order valence-electron chi connectivity index (χ3n) is 3.77. The van der Waals surface area contributed by atoms with Gasteiger partial charge in [-0.25, -0.2) is 4.79 Å². The van der Waals surface area contributed by atoms with Crippen LogP contribution in [0, 0.1) is 0 Å². The van der Waals surface area contributed by atoms with E-state index in [9.17, 15) is 9.59 Å². The zero-order chi connectivity index (χ0) is 19.4. The molecule has 0 spiro atoms. The predicted octanol–water partition coefficient (Wildman–Crippen LogP) is 6.15. The Hall–Kier alpha value is -2.34. The van der Waals surface area contributed by atoms with Gasteiger partial charge in [0, 0.05) is 16.0 Å². The van der Waals surface area contributed by atoms with Crippen molar-refractivity contribution in [3.8, 4) is 11.1 Å². The topological polar surface area (TPSA) is 55.4 Å². The standard InChI is InChI=1S/C20H15Cl2NO3S/c1-2-26-20(25)17-15(12-7-9-13(21)10-8-12)11-27-19(17)23-18(24)14-5-3-4-6-16(14)22/h3-11H,2H2,1H3,(H,23,24). The molecular formula is C20H15Cl2NO3S. The smallest absolute Gasteiger partial charge is 0.341 e. The van der Waals surface area contributed by atoms with E-state index in [1.54, 1.807) is 48.7 Å². The molecule has 0 aliphatic carbocycles. The first-order valence-electron chi connectivity index (χ1n) is 8.11. The lowest BCUT2D eigenvalue weighted by atomic mass is 10.0. The number of rotatable bonds is 5. The highest BCUT2D eigenvalue weighted by molar-refractivity contribution is 7.15. The van der Waals surface area contributed by atoms with Gasteiger partial charge in [0.25, 0.3) is 5.91 Å². The molecule has 1 N–H and O–H groups in total. The van der Waals surface area contributed by atoms with Crippen molar-refractivity contribution in [2.24, 2.45) is 0 Å². The highest BCUT2D eigenvalue weighted by atomic mass is 35.5. The van der Waals surface area contributed by atoms with Crippen molar-refractivity contribution in [3.63, 3.8) is 0 Å². The Morgan fingerprint density at radius 1 is 1.07 bits per heavy atom. The van der Waals surface area contributed by atoms with Gasteiger partial charge in [-0.2, -0.15) is 0 Å². The second kappa shape index (κ2) is 8.57. The third-order valence-corrected chi connectivity index (χ3v) is 5.25. The molecule has 138 valence electrons. The van der Waals surface area contributed by atoms with Crippen LogP contribution in [0.25, 0.3) is 11.1 Å². The molecule has 0 fully saturated rings. The minimum absolute atomic E-state index is 0.229. The Kier molecular flexibility index (Phi) is 6.16. The lowest BCUT2D eigenvalue weighted by Gasteiger charge is -2.09. The summed E-state index contributed by atoms with van der Waals surface area (Å²) in [7, 11) is 0. The number of nitrogens with one attached hydrogen (secondary N) is 1. The number of carbonyl (C=O) groups excluding carboxylic acids is 2. The predicted molar refractivity (Wildman–Crippen MR) is 110 cm³/mol. The van der Waals surface area contributed by atoms with Gasteiger partial charge in [0.2, 0.25) is 0 Å². The molecule has 4 nitrogen and oxygen atoms in total. The Bertz CT molecular complexity index is 983. The summed E-state index contributed by atoms with van der Waals surface area (Å²) < 4.78 is 5.19. The largest absolute Gasteiger partial charge is 0.462 e. The molecule has 0 bridgehead atoms. The molecule has 0 aliphatic heterocycles. The fraction of sp³-hybridized carbons (Fsp3) is 0.100. The van der Waals surface area contributed by atoms with E-state index < -0.39 is 11.9 Å². The van der Waals surface area contributed by atoms with E-state index in [0.717, 1.165) is 5.56 Å². The summed E-state index contributed by atoms with van der Waals surface area (Å²) in [5, 5.41) is 5.92. The molecule has 3 rings (SSSR count). The van der Waals surface area contributed by atoms with Gasteiger partial charge in [-0.05, 0) is 36.8 Å². The fourth-order valence-corrected chi connectivity index (χ4v) is 3.81. The minimum Gasteiger partial charge on any atom is -0.462 e. The Balaban J connectivity index is 2.00. The van der Waals surface area contributed by atoms with Gasteiger partial charge < -0.3 is 10.1 Å². The van der Waals surface area contributed by atoms with Crippen molar-refractivity contribution >= 4 is 51.4 Å². The van der Waals surface area contributed by atoms with Gasteiger partial charge in [-0.15, -0.1) is 11.3 Å². The van der Waals surface area contributed by atoms with E-state index in [1.807, 2.05) is 12.1 Å². The lowest BCUT2D eigenvalue weighted by Crippen LogP contribution is -2.15. The summed E-state index contributed by atoms with van der Waals surface area (Å²) in [5.74, 6) is -0.895. The van der Waals surface area contributed by atoms with Gasteiger partial charge in [0.1, 0.15) is 10.6 Å². The van der Waals surface area contributed by atoms with E-state index in [-0.39, 0.29) is 6.61 Å². The molecule has 0 saturated heterocycles. The number of esters is 1. The number of hydrogen-bond donors (Lipinski definition) is 1. The van der Waals surface area contributed by atoms with Crippen molar-refractivity contribution in [2.45, 2.75) is 6.92 Å². The molecule has 3 aromatic rings. The summed E-state index contributed by atoms with van der Waals surface area (Å²) >= 11 is 13.3. The number of ether oxygens (including phenoxy) is 1. The first-order valence-corrected chi connectivity index (χ1v) is 9.75. The molecule has 7 heteroatoms. The van der Waals surface area contributed by atoms with Crippen molar-refractivity contribution < 1.29 is 14.3 Å². The number of thiophene rings is 1. The Labute approximate surface area is 170 Å². The Morgan fingerprint density at radius 2 is 1.78 bits per heavy atom. The second-order valence-electron chi connectivity index (χ2n) is 5.51. The molecule has 27 heavy (non-hydrogen) atoms. The molecule has 1 heterocycles. The maximum Gasteiger partial charge on any atom is 0.341 e. The molecule has 2 aromatic carbocycles. The van der Waals surface area contributed by atoms with E-state index in [2.05, 4.69) is 5.32 Å². The summed E-state index contributed by atoms with van der Waals surface area (Å²) in [6, 6.07) is 13.8. The highest BCUT2D eigenvalue weighted by Crippen LogP contribution is 2.37. The van der Waals surface area contributed by atoms with Gasteiger partial charge in [0.15, 0.2) is 0 Å². The van der Waals surface area contributed by atoms with Crippen LogP contribution in [0.3, 0.4) is 0 Å². The minimum atomic E-state index is -0.502. The summed E-state index contributed by atoms with van der Waals surface area (Å²) in [6.07, 6.45) is 0. The van der Waals surface area contributed by atoms with Gasteiger partial charge in [0.05, 0.1) is 17.2 Å². The zero-order valence-electron chi connectivity index (χ0n) is 14.3. The van der Waals surface area contributed by atoms with E-state index >= 15 is 0 Å². The summed E-state index contributed by atoms with van der Waals surface area (Å²) in [4.78, 5) is 25.2. The zero-order valence-corrected chi connectivity index (χ0v) is 16.6. The molecular weight excluding hydrogens is 405 g/mol. The van der Waals surface area contributed by atoms with E-state index in [0.29, 0.717) is 31.7 Å². The third kappa shape index (κ3) is 4.33. The first kappa shape index (κ1) is 19.4. The van der Waals surface area contributed by atoms with Crippen molar-refractivity contribution in [1.29, 1.82) is 0 Å². The maximum absolute atomic E-state index is 12.6. The number of amides is 1. The molecule has 0 atom stereocenters. The number of hydrogen-bond acceptors (Lipinski definition) is 4. The fourth-order valence-electron chi connectivity index (χ4n) is 2.51. The number of benzene rings is 2. The highest BCUT2D eigenvalue weighted by Gasteiger charge is 2.23. The monoisotopic (exact) mass is 419 g/mol. The van der Waals surface area contributed by atoms with Crippen LogP contribution in [-0.4, -0.2) is 18.5 Å². The van der Waals surface area contributed by atoms with Crippen molar-refractivity contribution in [2.75, 3.05) is 11.9 Å². The first-order chi connectivity index (χ1) is 13.0. The number of halogens is 2. The molecule has 0 saturated carbocycles. The van der Waals surface area contributed by atoms with Crippen LogP contribution in [0.5, 0.6) is 0 Å². The van der Waals surface area contributed by atoms with Crippen LogP contribution in [0.2, 0.25) is 10.0 Å². The normalized spacial score (nSPS) is 10.5. The summed E-state index contributed by atoms with van der Waals surface area (Å²) in [5.41, 5.74) is 2.11. The van der Waals surface area contributed by atoms with E-state index in [4.69, 9.17) is 27.9 Å². The van der Waals surface area contributed by atoms with Gasteiger partial charge >= 0.3 is 5.97 Å². The average Bonchev–Trinajstić information content (AvgIpc) is 3.06. The quantitative estimate of drug-likeness (QED) is 0.504. The molecule has 1 amide bonds. The number of carbonyl (C=O) groups is 2. The lowest BCUT2D eigenvalue weighted by molar-refractivity contribution is 0.0529. The van der Waals surface area contributed by atoms with Gasteiger partial charge in [-0.3, -0.25) is 4.79 Å². The molecule has 0 unspecified atom stereocenters. The SMILES string of the molecule is CCOC(=O)c1c(-c2ccc(Cl)cc2)csc1NC(=O)c1ccccc1Cl.